The normalized spacial score (nSPS) is 14.8. The lowest BCUT2D eigenvalue weighted by atomic mass is 10.1. The Bertz CT molecular complexity index is 1080. The number of halogens is 1. The molecular weight excluding hydrogens is 442 g/mol. The van der Waals surface area contributed by atoms with Crippen LogP contribution in [0.4, 0.5) is 5.69 Å². The first-order chi connectivity index (χ1) is 14.7. The van der Waals surface area contributed by atoms with E-state index in [4.69, 9.17) is 16.3 Å². The number of ether oxygens (including phenoxy) is 1. The summed E-state index contributed by atoms with van der Waals surface area (Å²) in [7, 11) is -2.29. The maximum absolute atomic E-state index is 12.9. The highest BCUT2D eigenvalue weighted by molar-refractivity contribution is 7.89. The summed E-state index contributed by atoms with van der Waals surface area (Å²) in [5.41, 5.74) is 1.61. The molecule has 0 aromatic heterocycles. The van der Waals surface area contributed by atoms with Crippen molar-refractivity contribution in [3.8, 4) is 0 Å². The number of anilines is 1. The van der Waals surface area contributed by atoms with Gasteiger partial charge in [-0.1, -0.05) is 29.8 Å². The molecular formula is C21H24ClN3O5S. The van der Waals surface area contributed by atoms with Crippen molar-refractivity contribution in [1.29, 1.82) is 0 Å². The van der Waals surface area contributed by atoms with Crippen LogP contribution >= 0.6 is 11.6 Å². The number of hydrogen-bond donors (Lipinski definition) is 1. The Hall–Kier alpha value is -2.46. The second-order valence-corrected chi connectivity index (χ2v) is 9.50. The number of nitrogens with one attached hydrogen (secondary N) is 1. The molecule has 1 N–H and O–H groups in total. The minimum atomic E-state index is -3.82. The molecule has 3 rings (SSSR count). The van der Waals surface area contributed by atoms with Gasteiger partial charge >= 0.3 is 0 Å². The maximum Gasteiger partial charge on any atom is 0.254 e. The van der Waals surface area contributed by atoms with Gasteiger partial charge in [0.05, 0.1) is 24.8 Å². The summed E-state index contributed by atoms with van der Waals surface area (Å²) in [4.78, 5) is 26.3. The standard InChI is InChI=1S/C21H24ClN3O5S/c1-15-5-3-4-6-17(15)21(27)24(2)14-20(26)23-16-7-8-18(22)19(13-16)31(28,29)25-9-11-30-12-10-25/h3-8,13H,9-12,14H2,1-2H3,(H,23,26). The van der Waals surface area contributed by atoms with E-state index >= 15 is 0 Å². The summed E-state index contributed by atoms with van der Waals surface area (Å²) in [6.07, 6.45) is 0. The molecule has 2 aromatic carbocycles. The number of rotatable bonds is 6. The van der Waals surface area contributed by atoms with E-state index in [0.717, 1.165) is 5.56 Å². The molecule has 166 valence electrons. The van der Waals surface area contributed by atoms with Gasteiger partial charge in [0.1, 0.15) is 4.90 Å². The minimum Gasteiger partial charge on any atom is -0.379 e. The van der Waals surface area contributed by atoms with Crippen molar-refractivity contribution in [3.05, 3.63) is 58.6 Å². The Kier molecular flexibility index (Phi) is 7.32. The number of likely N-dealkylation sites (N-methyl/N-ethyl adjacent to an activating group) is 1. The van der Waals surface area contributed by atoms with Gasteiger partial charge in [-0.05, 0) is 36.8 Å². The Labute approximate surface area is 186 Å². The van der Waals surface area contributed by atoms with E-state index in [1.165, 1.54) is 34.5 Å². The molecule has 0 spiro atoms. The number of nitrogens with zero attached hydrogens (tertiary/aromatic N) is 2. The smallest absolute Gasteiger partial charge is 0.254 e. The summed E-state index contributed by atoms with van der Waals surface area (Å²) in [6, 6.07) is 11.4. The second kappa shape index (κ2) is 9.78. The predicted molar refractivity (Wildman–Crippen MR) is 118 cm³/mol. The van der Waals surface area contributed by atoms with Gasteiger partial charge in [-0.3, -0.25) is 9.59 Å². The predicted octanol–water partition coefficient (Wildman–Crippen LogP) is 2.38. The molecule has 0 atom stereocenters. The molecule has 0 radical (unpaired) electrons. The van der Waals surface area contributed by atoms with Gasteiger partial charge in [0.25, 0.3) is 5.91 Å². The first-order valence-corrected chi connectivity index (χ1v) is 11.5. The van der Waals surface area contributed by atoms with Crippen LogP contribution in [0.5, 0.6) is 0 Å². The van der Waals surface area contributed by atoms with Crippen LogP contribution in [0, 0.1) is 6.92 Å². The van der Waals surface area contributed by atoms with Crippen LogP contribution in [0.3, 0.4) is 0 Å². The lowest BCUT2D eigenvalue weighted by Crippen LogP contribution is -2.40. The summed E-state index contributed by atoms with van der Waals surface area (Å²) in [5, 5.41) is 2.70. The Balaban J connectivity index is 1.71. The third-order valence-corrected chi connectivity index (χ3v) is 7.29. The van der Waals surface area contributed by atoms with E-state index in [9.17, 15) is 18.0 Å². The molecule has 0 aliphatic carbocycles. The fourth-order valence-corrected chi connectivity index (χ4v) is 5.12. The third kappa shape index (κ3) is 5.43. The number of benzene rings is 2. The van der Waals surface area contributed by atoms with Gasteiger partial charge in [0.2, 0.25) is 15.9 Å². The Morgan fingerprint density at radius 2 is 1.84 bits per heavy atom. The topological polar surface area (TPSA) is 96.0 Å². The molecule has 2 amide bonds. The van der Waals surface area contributed by atoms with Crippen molar-refractivity contribution in [2.75, 3.05) is 45.2 Å². The van der Waals surface area contributed by atoms with Crippen LogP contribution in [0.15, 0.2) is 47.4 Å². The van der Waals surface area contributed by atoms with E-state index in [-0.39, 0.29) is 41.1 Å². The fourth-order valence-electron chi connectivity index (χ4n) is 3.21. The molecule has 10 heteroatoms. The average Bonchev–Trinajstić information content (AvgIpc) is 2.75. The highest BCUT2D eigenvalue weighted by Gasteiger charge is 2.28. The van der Waals surface area contributed by atoms with E-state index in [1.807, 2.05) is 19.1 Å². The molecule has 0 unspecified atom stereocenters. The van der Waals surface area contributed by atoms with Gasteiger partial charge < -0.3 is 15.0 Å². The summed E-state index contributed by atoms with van der Waals surface area (Å²) in [5.74, 6) is -0.735. The Morgan fingerprint density at radius 1 is 1.16 bits per heavy atom. The van der Waals surface area contributed by atoms with Crippen molar-refractivity contribution in [2.45, 2.75) is 11.8 Å². The number of aryl methyl sites for hydroxylation is 1. The summed E-state index contributed by atoms with van der Waals surface area (Å²) in [6.45, 7) is 2.73. The molecule has 1 aliphatic rings. The third-order valence-electron chi connectivity index (χ3n) is 4.91. The summed E-state index contributed by atoms with van der Waals surface area (Å²) < 4.78 is 32.4. The quantitative estimate of drug-likeness (QED) is 0.706. The number of carbonyl (C=O) groups is 2. The van der Waals surface area contributed by atoms with E-state index < -0.39 is 15.9 Å². The van der Waals surface area contributed by atoms with Gasteiger partial charge in [-0.15, -0.1) is 0 Å². The first kappa shape index (κ1) is 23.2. The van der Waals surface area contributed by atoms with Crippen LogP contribution in [-0.4, -0.2) is 69.3 Å². The molecule has 1 saturated heterocycles. The lowest BCUT2D eigenvalue weighted by molar-refractivity contribution is -0.116. The lowest BCUT2D eigenvalue weighted by Gasteiger charge is -2.26. The van der Waals surface area contributed by atoms with Crippen LogP contribution in [-0.2, 0) is 19.6 Å². The van der Waals surface area contributed by atoms with Crippen molar-refractivity contribution in [1.82, 2.24) is 9.21 Å². The van der Waals surface area contributed by atoms with Gasteiger partial charge in [0.15, 0.2) is 0 Å². The van der Waals surface area contributed by atoms with Crippen molar-refractivity contribution in [3.63, 3.8) is 0 Å². The zero-order chi connectivity index (χ0) is 22.6. The monoisotopic (exact) mass is 465 g/mol. The summed E-state index contributed by atoms with van der Waals surface area (Å²) >= 11 is 6.14. The highest BCUT2D eigenvalue weighted by Crippen LogP contribution is 2.28. The zero-order valence-corrected chi connectivity index (χ0v) is 18.9. The van der Waals surface area contributed by atoms with Crippen molar-refractivity contribution in [2.24, 2.45) is 0 Å². The molecule has 2 aromatic rings. The van der Waals surface area contributed by atoms with Crippen LogP contribution in [0.1, 0.15) is 15.9 Å². The largest absolute Gasteiger partial charge is 0.379 e. The molecule has 1 fully saturated rings. The number of hydrogen-bond acceptors (Lipinski definition) is 5. The molecule has 8 nitrogen and oxygen atoms in total. The van der Waals surface area contributed by atoms with Crippen molar-refractivity contribution < 1.29 is 22.7 Å². The average molecular weight is 466 g/mol. The van der Waals surface area contributed by atoms with Gasteiger partial charge in [0, 0.05) is 31.4 Å². The first-order valence-electron chi connectivity index (χ1n) is 9.68. The van der Waals surface area contributed by atoms with Crippen LogP contribution in [0.2, 0.25) is 5.02 Å². The van der Waals surface area contributed by atoms with Crippen LogP contribution in [0.25, 0.3) is 0 Å². The molecule has 1 aliphatic heterocycles. The zero-order valence-electron chi connectivity index (χ0n) is 17.3. The van der Waals surface area contributed by atoms with E-state index in [1.54, 1.807) is 12.1 Å². The minimum absolute atomic E-state index is 0.0661. The highest BCUT2D eigenvalue weighted by atomic mass is 35.5. The number of morpholine rings is 1. The van der Waals surface area contributed by atoms with E-state index in [0.29, 0.717) is 18.8 Å². The molecule has 0 saturated carbocycles. The number of sulfonamides is 1. The van der Waals surface area contributed by atoms with Gasteiger partial charge in [-0.2, -0.15) is 4.31 Å². The second-order valence-electron chi connectivity index (χ2n) is 7.19. The number of carbonyl (C=O) groups excluding carboxylic acids is 2. The number of amides is 2. The fraction of sp³-hybridized carbons (Fsp3) is 0.333. The molecule has 31 heavy (non-hydrogen) atoms. The Morgan fingerprint density at radius 3 is 2.52 bits per heavy atom. The molecule has 0 bridgehead atoms. The van der Waals surface area contributed by atoms with Crippen LogP contribution < -0.4 is 5.32 Å². The van der Waals surface area contributed by atoms with E-state index in [2.05, 4.69) is 5.32 Å². The maximum atomic E-state index is 12.9. The van der Waals surface area contributed by atoms with Crippen molar-refractivity contribution >= 4 is 39.1 Å². The molecule has 1 heterocycles. The SMILES string of the molecule is Cc1ccccc1C(=O)N(C)CC(=O)Nc1ccc(Cl)c(S(=O)(=O)N2CCOCC2)c1. The van der Waals surface area contributed by atoms with Gasteiger partial charge in [-0.25, -0.2) is 8.42 Å².